The Morgan fingerprint density at radius 2 is 1.86 bits per heavy atom. The number of methoxy groups -OCH3 is 1. The molecule has 9 heteroatoms. The molecule has 1 N–H and O–H groups in total. The van der Waals surface area contributed by atoms with Gasteiger partial charge in [-0.1, -0.05) is 0 Å². The van der Waals surface area contributed by atoms with Crippen molar-refractivity contribution in [1.29, 1.82) is 0 Å². The normalized spacial score (nSPS) is 19.6. The maximum atomic E-state index is 13.6. The largest absolute Gasteiger partial charge is 0.384 e. The molecule has 3 aromatic rings. The van der Waals surface area contributed by atoms with Crippen LogP contribution in [0.15, 0.2) is 23.1 Å². The number of H-pyrrole nitrogens is 1. The van der Waals surface area contributed by atoms with Gasteiger partial charge in [0.1, 0.15) is 0 Å². The Morgan fingerprint density at radius 1 is 1.14 bits per heavy atom. The summed E-state index contributed by atoms with van der Waals surface area (Å²) >= 11 is 0. The number of aromatic amines is 1. The molecule has 0 spiro atoms. The van der Waals surface area contributed by atoms with Gasteiger partial charge in [0.2, 0.25) is 5.92 Å². The van der Waals surface area contributed by atoms with E-state index in [1.807, 2.05) is 24.0 Å². The molecule has 7 nitrogen and oxygen atoms in total. The number of hydrogen-bond acceptors (Lipinski definition) is 4. The summed E-state index contributed by atoms with van der Waals surface area (Å²) in [6.07, 6.45) is 3.99. The lowest BCUT2D eigenvalue weighted by molar-refractivity contribution is -0.0475. The first-order valence-electron chi connectivity index (χ1n) is 12.4. The van der Waals surface area contributed by atoms with Gasteiger partial charge in [-0.3, -0.25) is 14.3 Å². The number of nitrogens with zero attached hydrogens (tertiary/aromatic N) is 3. The number of hydrogen-bond donors (Lipinski definition) is 1. The van der Waals surface area contributed by atoms with Gasteiger partial charge in [0.05, 0.1) is 22.6 Å². The minimum atomic E-state index is -2.59. The Bertz CT molecular complexity index is 1300. The van der Waals surface area contributed by atoms with E-state index in [0.717, 1.165) is 23.8 Å². The summed E-state index contributed by atoms with van der Waals surface area (Å²) in [4.78, 5) is 31.0. The predicted molar refractivity (Wildman–Crippen MR) is 130 cm³/mol. The highest BCUT2D eigenvalue weighted by Gasteiger charge is 2.35. The molecule has 1 aliphatic carbocycles. The summed E-state index contributed by atoms with van der Waals surface area (Å²) in [5.41, 5.74) is 2.48. The molecule has 1 saturated heterocycles. The smallest absolute Gasteiger partial charge is 0.259 e. The van der Waals surface area contributed by atoms with E-state index in [9.17, 15) is 18.4 Å². The number of nitrogens with one attached hydrogen (secondary N) is 1. The fraction of sp³-hybridized carbons (Fsp3) is 0.577. The number of carbonyl (C=O) groups excluding carboxylic acids is 1. The lowest BCUT2D eigenvalue weighted by atomic mass is 9.87. The average Bonchev–Trinajstić information content (AvgIpc) is 3.25. The van der Waals surface area contributed by atoms with E-state index < -0.39 is 5.92 Å². The van der Waals surface area contributed by atoms with E-state index in [4.69, 9.17) is 4.74 Å². The Morgan fingerprint density at radius 3 is 2.54 bits per heavy atom. The maximum absolute atomic E-state index is 13.6. The van der Waals surface area contributed by atoms with E-state index >= 15 is 0 Å². The standard InChI is InChI=1S/C26H32F2N4O3/c1-16-11-22-20(12-19(16)25(34)31-9-5-18(6-10-31)15-35-2)23-21(24(33)30-22)13-29-32(23)14-17-3-7-26(27,28)8-4-17/h11-13,17-18H,3-10,14-15H2,1-2H3,(H,30,33). The van der Waals surface area contributed by atoms with E-state index in [-0.39, 0.29) is 30.2 Å². The maximum Gasteiger partial charge on any atom is 0.259 e. The Balaban J connectivity index is 1.49. The molecule has 0 bridgehead atoms. The number of fused-ring (bicyclic) bond motifs is 3. The first kappa shape index (κ1) is 23.9. The first-order chi connectivity index (χ1) is 16.8. The fourth-order valence-corrected chi connectivity index (χ4v) is 5.64. The number of alkyl halides is 2. The SMILES string of the molecule is COCC1CCN(C(=O)c2cc3c(cc2C)[nH]c(=O)c2cnn(CC4CCC(F)(F)CC4)c23)CC1. The van der Waals surface area contributed by atoms with Gasteiger partial charge >= 0.3 is 0 Å². The number of aromatic nitrogens is 3. The van der Waals surface area contributed by atoms with Crippen LogP contribution in [0.5, 0.6) is 0 Å². The number of halogens is 2. The number of pyridine rings is 1. The number of benzene rings is 1. The summed E-state index contributed by atoms with van der Waals surface area (Å²) in [5, 5.41) is 5.65. The molecule has 0 unspecified atom stereocenters. The molecule has 0 atom stereocenters. The van der Waals surface area contributed by atoms with Crippen molar-refractivity contribution in [3.8, 4) is 0 Å². The summed E-state index contributed by atoms with van der Waals surface area (Å²) in [6, 6.07) is 3.71. The van der Waals surface area contributed by atoms with Crippen LogP contribution in [0.25, 0.3) is 21.8 Å². The van der Waals surface area contributed by atoms with Gasteiger partial charge in [-0.05, 0) is 62.1 Å². The van der Waals surface area contributed by atoms with Gasteiger partial charge in [0, 0.05) is 57.1 Å². The van der Waals surface area contributed by atoms with Crippen molar-refractivity contribution in [2.24, 2.45) is 11.8 Å². The minimum absolute atomic E-state index is 0.0137. The highest BCUT2D eigenvalue weighted by atomic mass is 19.3. The van der Waals surface area contributed by atoms with Crippen LogP contribution in [0.1, 0.15) is 54.4 Å². The summed E-state index contributed by atoms with van der Waals surface area (Å²) in [6.45, 7) is 4.45. The van der Waals surface area contributed by atoms with Crippen molar-refractivity contribution in [1.82, 2.24) is 19.7 Å². The molecule has 2 aliphatic rings. The van der Waals surface area contributed by atoms with Crippen LogP contribution in [0.2, 0.25) is 0 Å². The zero-order chi connectivity index (χ0) is 24.7. The molecule has 2 fully saturated rings. The van der Waals surface area contributed by atoms with Gasteiger partial charge < -0.3 is 14.6 Å². The third kappa shape index (κ3) is 4.70. The Hall–Kier alpha value is -2.81. The van der Waals surface area contributed by atoms with Crippen molar-refractivity contribution in [3.63, 3.8) is 0 Å². The zero-order valence-electron chi connectivity index (χ0n) is 20.3. The number of likely N-dealkylation sites (tertiary alicyclic amines) is 1. The van der Waals surface area contributed by atoms with Crippen LogP contribution in [0.4, 0.5) is 8.78 Å². The molecule has 2 aromatic heterocycles. The average molecular weight is 487 g/mol. The van der Waals surface area contributed by atoms with Crippen molar-refractivity contribution < 1.29 is 18.3 Å². The molecule has 1 aromatic carbocycles. The zero-order valence-corrected chi connectivity index (χ0v) is 20.3. The highest BCUT2D eigenvalue weighted by molar-refractivity contribution is 6.07. The minimum Gasteiger partial charge on any atom is -0.384 e. The van der Waals surface area contributed by atoms with Crippen molar-refractivity contribution >= 4 is 27.7 Å². The number of ether oxygens (including phenoxy) is 1. The van der Waals surface area contributed by atoms with E-state index in [0.29, 0.717) is 67.0 Å². The summed E-state index contributed by atoms with van der Waals surface area (Å²) in [5.74, 6) is -2.05. The third-order valence-corrected chi connectivity index (χ3v) is 7.75. The highest BCUT2D eigenvalue weighted by Crippen LogP contribution is 2.37. The van der Waals surface area contributed by atoms with Gasteiger partial charge in [-0.25, -0.2) is 8.78 Å². The number of piperidine rings is 1. The number of amides is 1. The molecule has 188 valence electrons. The Kier molecular flexibility index (Phi) is 6.38. The number of carbonyl (C=O) groups is 1. The number of aryl methyl sites for hydroxylation is 1. The van der Waals surface area contributed by atoms with E-state index in [1.54, 1.807) is 11.8 Å². The molecule has 1 aliphatic heterocycles. The molecule has 5 rings (SSSR count). The van der Waals surface area contributed by atoms with Gasteiger partial charge in [0.15, 0.2) is 0 Å². The van der Waals surface area contributed by atoms with Crippen molar-refractivity contribution in [3.05, 3.63) is 39.8 Å². The van der Waals surface area contributed by atoms with Crippen LogP contribution in [-0.4, -0.2) is 58.3 Å². The van der Waals surface area contributed by atoms with Crippen molar-refractivity contribution in [2.45, 2.75) is 57.9 Å². The molecular weight excluding hydrogens is 454 g/mol. The fourth-order valence-electron chi connectivity index (χ4n) is 5.64. The van der Waals surface area contributed by atoms with Gasteiger partial charge in [-0.2, -0.15) is 5.10 Å². The summed E-state index contributed by atoms with van der Waals surface area (Å²) < 4.78 is 34.3. The Labute approximate surface area is 202 Å². The molecule has 1 amide bonds. The molecule has 3 heterocycles. The van der Waals surface area contributed by atoms with E-state index in [1.165, 1.54) is 6.20 Å². The second-order valence-electron chi connectivity index (χ2n) is 10.2. The van der Waals surface area contributed by atoms with Gasteiger partial charge in [-0.15, -0.1) is 0 Å². The lowest BCUT2D eigenvalue weighted by Gasteiger charge is -2.32. The predicted octanol–water partition coefficient (Wildman–Crippen LogP) is 4.51. The second kappa shape index (κ2) is 9.33. The molecule has 1 saturated carbocycles. The topological polar surface area (TPSA) is 80.2 Å². The monoisotopic (exact) mass is 486 g/mol. The third-order valence-electron chi connectivity index (χ3n) is 7.75. The first-order valence-corrected chi connectivity index (χ1v) is 12.4. The quantitative estimate of drug-likeness (QED) is 0.576. The van der Waals surface area contributed by atoms with Gasteiger partial charge in [0.25, 0.3) is 11.5 Å². The van der Waals surface area contributed by atoms with Crippen LogP contribution < -0.4 is 5.56 Å². The van der Waals surface area contributed by atoms with Crippen LogP contribution in [-0.2, 0) is 11.3 Å². The number of rotatable bonds is 5. The van der Waals surface area contributed by atoms with E-state index in [2.05, 4.69) is 10.1 Å². The molecule has 0 radical (unpaired) electrons. The van der Waals surface area contributed by atoms with Crippen LogP contribution >= 0.6 is 0 Å². The van der Waals surface area contributed by atoms with Crippen LogP contribution in [0.3, 0.4) is 0 Å². The second-order valence-corrected chi connectivity index (χ2v) is 10.2. The van der Waals surface area contributed by atoms with Crippen LogP contribution in [0, 0.1) is 18.8 Å². The lowest BCUT2D eigenvalue weighted by Crippen LogP contribution is -2.39. The van der Waals surface area contributed by atoms with Crippen molar-refractivity contribution in [2.75, 3.05) is 26.8 Å². The molecular formula is C26H32F2N4O3. The molecule has 35 heavy (non-hydrogen) atoms. The summed E-state index contributed by atoms with van der Waals surface area (Å²) in [7, 11) is 1.70.